The van der Waals surface area contributed by atoms with Crippen molar-refractivity contribution >= 4 is 22.4 Å². The fraction of sp³-hybridized carbons (Fsp3) is 0.400. The van der Waals surface area contributed by atoms with E-state index < -0.39 is 0 Å². The summed E-state index contributed by atoms with van der Waals surface area (Å²) < 4.78 is 0. The highest BCUT2D eigenvalue weighted by atomic mass is 16.6. The monoisotopic (exact) mass is 273 g/mol. The highest BCUT2D eigenvalue weighted by molar-refractivity contribution is 5.86. The van der Waals surface area contributed by atoms with Crippen LogP contribution in [0.3, 0.4) is 0 Å². The molecule has 0 amide bonds. The lowest BCUT2D eigenvalue weighted by atomic mass is 10.0. The number of pyridine rings is 1. The number of anilines is 1. The molecule has 0 spiro atoms. The van der Waals surface area contributed by atoms with Crippen molar-refractivity contribution in [3.05, 3.63) is 39.4 Å². The lowest BCUT2D eigenvalue weighted by molar-refractivity contribution is -0.384. The largest absolute Gasteiger partial charge is 0.370 e. The first-order chi connectivity index (χ1) is 9.56. The highest BCUT2D eigenvalue weighted by Crippen LogP contribution is 2.28. The SMILES string of the molecule is CCCc1cc2cc([N+](=O)[O-])cc(C)c2nc1NCC. The Kier molecular flexibility index (Phi) is 4.17. The van der Waals surface area contributed by atoms with Crippen LogP contribution < -0.4 is 5.32 Å². The van der Waals surface area contributed by atoms with Gasteiger partial charge in [0.1, 0.15) is 5.82 Å². The Labute approximate surface area is 118 Å². The van der Waals surface area contributed by atoms with E-state index in [-0.39, 0.29) is 10.6 Å². The van der Waals surface area contributed by atoms with Crippen molar-refractivity contribution in [3.63, 3.8) is 0 Å². The Balaban J connectivity index is 2.66. The summed E-state index contributed by atoms with van der Waals surface area (Å²) in [4.78, 5) is 15.2. The molecule has 1 N–H and O–H groups in total. The Hall–Kier alpha value is -2.17. The zero-order chi connectivity index (χ0) is 14.7. The first-order valence-corrected chi connectivity index (χ1v) is 6.89. The second-order valence-electron chi connectivity index (χ2n) is 4.87. The molecule has 5 heteroatoms. The quantitative estimate of drug-likeness (QED) is 0.664. The van der Waals surface area contributed by atoms with E-state index in [0.29, 0.717) is 0 Å². The summed E-state index contributed by atoms with van der Waals surface area (Å²) in [5, 5.41) is 15.1. The molecular formula is C15H19N3O2. The number of nitrogens with zero attached hydrogens (tertiary/aromatic N) is 2. The van der Waals surface area contributed by atoms with Crippen LogP contribution in [-0.4, -0.2) is 16.5 Å². The normalized spacial score (nSPS) is 10.8. The predicted octanol–water partition coefficient (Wildman–Crippen LogP) is 3.84. The second kappa shape index (κ2) is 5.86. The molecule has 106 valence electrons. The second-order valence-corrected chi connectivity index (χ2v) is 4.87. The first-order valence-electron chi connectivity index (χ1n) is 6.89. The zero-order valence-corrected chi connectivity index (χ0v) is 12.1. The van der Waals surface area contributed by atoms with Crippen LogP contribution in [0.4, 0.5) is 11.5 Å². The van der Waals surface area contributed by atoms with Gasteiger partial charge in [0, 0.05) is 24.1 Å². The van der Waals surface area contributed by atoms with Gasteiger partial charge >= 0.3 is 0 Å². The number of hydrogen-bond acceptors (Lipinski definition) is 4. The van der Waals surface area contributed by atoms with Gasteiger partial charge in [0.05, 0.1) is 10.4 Å². The van der Waals surface area contributed by atoms with Crippen LogP contribution in [0, 0.1) is 17.0 Å². The minimum Gasteiger partial charge on any atom is -0.370 e. The molecule has 2 rings (SSSR count). The predicted molar refractivity (Wildman–Crippen MR) is 81.3 cm³/mol. The average Bonchev–Trinajstić information content (AvgIpc) is 2.40. The minimum absolute atomic E-state index is 0.121. The number of aryl methyl sites for hydroxylation is 2. The van der Waals surface area contributed by atoms with E-state index in [1.54, 1.807) is 12.1 Å². The third-order valence-corrected chi connectivity index (χ3v) is 3.25. The van der Waals surface area contributed by atoms with Crippen molar-refractivity contribution in [1.82, 2.24) is 4.98 Å². The Morgan fingerprint density at radius 3 is 2.65 bits per heavy atom. The van der Waals surface area contributed by atoms with Crippen molar-refractivity contribution in [1.29, 1.82) is 0 Å². The molecule has 20 heavy (non-hydrogen) atoms. The topological polar surface area (TPSA) is 68.1 Å². The van der Waals surface area contributed by atoms with Crippen molar-refractivity contribution in [2.75, 3.05) is 11.9 Å². The highest BCUT2D eigenvalue weighted by Gasteiger charge is 2.13. The number of aromatic nitrogens is 1. The molecule has 0 radical (unpaired) electrons. The fourth-order valence-corrected chi connectivity index (χ4v) is 2.38. The molecule has 0 fully saturated rings. The summed E-state index contributed by atoms with van der Waals surface area (Å²) in [6.07, 6.45) is 1.92. The number of fused-ring (bicyclic) bond motifs is 1. The smallest absolute Gasteiger partial charge is 0.270 e. The molecule has 0 saturated heterocycles. The van der Waals surface area contributed by atoms with Crippen LogP contribution >= 0.6 is 0 Å². The van der Waals surface area contributed by atoms with Gasteiger partial charge in [0.2, 0.25) is 0 Å². The molecule has 0 aliphatic carbocycles. The molecule has 2 aromatic rings. The van der Waals surface area contributed by atoms with Gasteiger partial charge < -0.3 is 5.32 Å². The molecule has 0 unspecified atom stereocenters. The van der Waals surface area contributed by atoms with Crippen LogP contribution in [-0.2, 0) is 6.42 Å². The van der Waals surface area contributed by atoms with E-state index in [1.165, 1.54) is 0 Å². The number of hydrogen-bond donors (Lipinski definition) is 1. The van der Waals surface area contributed by atoms with E-state index >= 15 is 0 Å². The number of rotatable bonds is 5. The Morgan fingerprint density at radius 1 is 1.30 bits per heavy atom. The Bertz CT molecular complexity index is 653. The van der Waals surface area contributed by atoms with Gasteiger partial charge in [-0.3, -0.25) is 10.1 Å². The molecule has 0 atom stereocenters. The van der Waals surface area contributed by atoms with Gasteiger partial charge in [0.15, 0.2) is 0 Å². The van der Waals surface area contributed by atoms with Crippen LogP contribution in [0.25, 0.3) is 10.9 Å². The zero-order valence-electron chi connectivity index (χ0n) is 12.1. The molecule has 1 aromatic carbocycles. The van der Waals surface area contributed by atoms with Crippen LogP contribution in [0.1, 0.15) is 31.4 Å². The molecule has 5 nitrogen and oxygen atoms in total. The van der Waals surface area contributed by atoms with Gasteiger partial charge in [-0.1, -0.05) is 13.3 Å². The number of nitro benzene ring substituents is 1. The van der Waals surface area contributed by atoms with Crippen molar-refractivity contribution in [2.24, 2.45) is 0 Å². The molecule has 0 bridgehead atoms. The van der Waals surface area contributed by atoms with E-state index in [4.69, 9.17) is 0 Å². The minimum atomic E-state index is -0.357. The summed E-state index contributed by atoms with van der Waals surface area (Å²) in [6.45, 7) is 6.81. The lowest BCUT2D eigenvalue weighted by Gasteiger charge is -2.12. The van der Waals surface area contributed by atoms with Gasteiger partial charge in [-0.15, -0.1) is 0 Å². The van der Waals surface area contributed by atoms with E-state index in [1.807, 2.05) is 19.9 Å². The van der Waals surface area contributed by atoms with Crippen molar-refractivity contribution in [2.45, 2.75) is 33.6 Å². The van der Waals surface area contributed by atoms with Gasteiger partial charge in [-0.2, -0.15) is 0 Å². The number of nitro groups is 1. The van der Waals surface area contributed by atoms with E-state index in [2.05, 4.69) is 17.2 Å². The van der Waals surface area contributed by atoms with Crippen LogP contribution in [0.15, 0.2) is 18.2 Å². The maximum atomic E-state index is 10.9. The maximum absolute atomic E-state index is 10.9. The summed E-state index contributed by atoms with van der Waals surface area (Å²) in [6, 6.07) is 5.19. The third kappa shape index (κ3) is 2.71. The number of nitrogens with one attached hydrogen (secondary N) is 1. The van der Waals surface area contributed by atoms with Crippen molar-refractivity contribution in [3.8, 4) is 0 Å². The molecular weight excluding hydrogens is 254 g/mol. The van der Waals surface area contributed by atoms with Gasteiger partial charge in [0.25, 0.3) is 5.69 Å². The molecule has 0 aliphatic rings. The maximum Gasteiger partial charge on any atom is 0.270 e. The average molecular weight is 273 g/mol. The molecule has 1 heterocycles. The van der Waals surface area contributed by atoms with Crippen molar-refractivity contribution < 1.29 is 4.92 Å². The molecule has 0 saturated carbocycles. The third-order valence-electron chi connectivity index (χ3n) is 3.25. The van der Waals surface area contributed by atoms with Gasteiger partial charge in [-0.25, -0.2) is 4.98 Å². The summed E-state index contributed by atoms with van der Waals surface area (Å²) >= 11 is 0. The van der Waals surface area contributed by atoms with E-state index in [0.717, 1.165) is 47.2 Å². The molecule has 0 aliphatic heterocycles. The summed E-state index contributed by atoms with van der Waals surface area (Å²) in [5.41, 5.74) is 2.89. The number of benzene rings is 1. The van der Waals surface area contributed by atoms with E-state index in [9.17, 15) is 10.1 Å². The first kappa shape index (κ1) is 14.2. The Morgan fingerprint density at radius 2 is 2.05 bits per heavy atom. The lowest BCUT2D eigenvalue weighted by Crippen LogP contribution is -2.04. The van der Waals surface area contributed by atoms with Gasteiger partial charge in [-0.05, 0) is 37.5 Å². The molecule has 1 aromatic heterocycles. The van der Waals surface area contributed by atoms with Crippen LogP contribution in [0.2, 0.25) is 0 Å². The summed E-state index contributed by atoms with van der Waals surface area (Å²) in [5.74, 6) is 0.888. The number of non-ortho nitro benzene ring substituents is 1. The van der Waals surface area contributed by atoms with Crippen LogP contribution in [0.5, 0.6) is 0 Å². The standard InChI is InChI=1S/C15H19N3O2/c1-4-6-11-8-12-9-13(18(19)20)7-10(3)14(12)17-15(11)16-5-2/h7-9H,4-6H2,1-3H3,(H,16,17). The summed E-state index contributed by atoms with van der Waals surface area (Å²) in [7, 11) is 0. The fourth-order valence-electron chi connectivity index (χ4n) is 2.38.